The molecule has 1 rings (SSSR count). The zero-order chi connectivity index (χ0) is 13.0. The quantitative estimate of drug-likeness (QED) is 0.801. The predicted molar refractivity (Wildman–Crippen MR) is 72.2 cm³/mol. The molecular formula is C13H15BrN2O. The van der Waals surface area contributed by atoms with E-state index in [4.69, 9.17) is 5.26 Å². The van der Waals surface area contributed by atoms with Crippen molar-refractivity contribution in [3.05, 3.63) is 28.2 Å². The average Bonchev–Trinajstić information content (AvgIpc) is 2.28. The van der Waals surface area contributed by atoms with Crippen LogP contribution in [0.1, 0.15) is 24.2 Å². The van der Waals surface area contributed by atoms with Crippen LogP contribution in [0.4, 0.5) is 5.69 Å². The zero-order valence-corrected chi connectivity index (χ0v) is 11.8. The molecule has 0 fully saturated rings. The number of nitriles is 1. The van der Waals surface area contributed by atoms with E-state index in [0.29, 0.717) is 12.1 Å². The van der Waals surface area contributed by atoms with Gasteiger partial charge in [-0.1, -0.05) is 0 Å². The lowest BCUT2D eigenvalue weighted by atomic mass is 10.1. The van der Waals surface area contributed by atoms with Gasteiger partial charge in [0, 0.05) is 29.3 Å². The molecule has 0 heterocycles. The molecule has 0 aliphatic heterocycles. The van der Waals surface area contributed by atoms with Crippen molar-refractivity contribution < 1.29 is 4.79 Å². The van der Waals surface area contributed by atoms with Gasteiger partial charge >= 0.3 is 0 Å². The number of ketones is 1. The van der Waals surface area contributed by atoms with E-state index in [9.17, 15) is 4.79 Å². The van der Waals surface area contributed by atoms with Gasteiger partial charge in [-0.25, -0.2) is 0 Å². The number of benzene rings is 1. The van der Waals surface area contributed by atoms with Crippen molar-refractivity contribution in [1.82, 2.24) is 0 Å². The number of nitrogens with zero attached hydrogens (tertiary/aromatic N) is 2. The lowest BCUT2D eigenvalue weighted by Gasteiger charge is -2.21. The molecule has 0 amide bonds. The summed E-state index contributed by atoms with van der Waals surface area (Å²) in [4.78, 5) is 13.3. The molecule has 4 heteroatoms. The molecule has 17 heavy (non-hydrogen) atoms. The van der Waals surface area contributed by atoms with Crippen molar-refractivity contribution in [3.8, 4) is 6.07 Å². The smallest absolute Gasteiger partial charge is 0.160 e. The summed E-state index contributed by atoms with van der Waals surface area (Å²) in [6.45, 7) is 4.10. The molecule has 0 N–H and O–H groups in total. The molecule has 1 atom stereocenters. The second kappa shape index (κ2) is 5.83. The molecule has 1 aromatic carbocycles. The summed E-state index contributed by atoms with van der Waals surface area (Å²) in [5.74, 6) is 0.0164. The highest BCUT2D eigenvalue weighted by Gasteiger charge is 2.10. The lowest BCUT2D eigenvalue weighted by molar-refractivity contribution is 0.101. The summed E-state index contributed by atoms with van der Waals surface area (Å²) >= 11 is 3.39. The topological polar surface area (TPSA) is 44.1 Å². The summed E-state index contributed by atoms with van der Waals surface area (Å²) in [6, 6.07) is 7.80. The molecule has 0 radical (unpaired) electrons. The van der Waals surface area contributed by atoms with Crippen molar-refractivity contribution in [2.75, 3.05) is 18.5 Å². The van der Waals surface area contributed by atoms with Crippen LogP contribution in [-0.2, 0) is 0 Å². The Labute approximate surface area is 110 Å². The van der Waals surface area contributed by atoms with Gasteiger partial charge in [0.25, 0.3) is 0 Å². The minimum atomic E-state index is -0.0220. The molecule has 1 aromatic rings. The van der Waals surface area contributed by atoms with Crippen LogP contribution in [0.3, 0.4) is 0 Å². The number of anilines is 1. The highest BCUT2D eigenvalue weighted by Crippen LogP contribution is 2.24. The van der Waals surface area contributed by atoms with E-state index in [-0.39, 0.29) is 11.7 Å². The van der Waals surface area contributed by atoms with E-state index in [0.717, 1.165) is 10.2 Å². The number of halogens is 1. The standard InChI is InChI=1S/C13H15BrN2O/c1-9(7-15)8-16(3)11-4-5-12(10(2)17)13(14)6-11/h4-6,9H,8H2,1-3H3. The number of carbonyl (C=O) groups is 1. The molecule has 0 saturated heterocycles. The molecule has 0 aliphatic rings. The molecule has 0 saturated carbocycles. The van der Waals surface area contributed by atoms with Crippen LogP contribution >= 0.6 is 15.9 Å². The summed E-state index contributed by atoms with van der Waals surface area (Å²) in [5.41, 5.74) is 1.67. The third-order valence-corrected chi connectivity index (χ3v) is 3.20. The third-order valence-electron chi connectivity index (χ3n) is 2.54. The Kier molecular flexibility index (Phi) is 4.71. The Balaban J connectivity index is 2.90. The van der Waals surface area contributed by atoms with E-state index in [1.165, 1.54) is 0 Å². The van der Waals surface area contributed by atoms with Gasteiger partial charge in [0.1, 0.15) is 0 Å². The molecule has 0 aromatic heterocycles. The Hall–Kier alpha value is -1.34. The SMILES string of the molecule is CC(=O)c1ccc(N(C)CC(C)C#N)cc1Br. The van der Waals surface area contributed by atoms with Crippen molar-refractivity contribution >= 4 is 27.4 Å². The normalized spacial score (nSPS) is 11.7. The highest BCUT2D eigenvalue weighted by atomic mass is 79.9. The third kappa shape index (κ3) is 3.57. The molecule has 90 valence electrons. The molecule has 1 unspecified atom stereocenters. The van der Waals surface area contributed by atoms with E-state index in [1.807, 2.05) is 31.0 Å². The number of hydrogen-bond acceptors (Lipinski definition) is 3. The first-order valence-corrected chi connectivity index (χ1v) is 6.16. The fourth-order valence-corrected chi connectivity index (χ4v) is 2.23. The Bertz CT molecular complexity index is 465. The average molecular weight is 295 g/mol. The van der Waals surface area contributed by atoms with Gasteiger partial charge in [0.2, 0.25) is 0 Å². The molecule has 0 bridgehead atoms. The van der Waals surface area contributed by atoms with Crippen LogP contribution < -0.4 is 4.90 Å². The van der Waals surface area contributed by atoms with Gasteiger partial charge in [0.15, 0.2) is 5.78 Å². The van der Waals surface area contributed by atoms with Crippen LogP contribution in [-0.4, -0.2) is 19.4 Å². The van der Waals surface area contributed by atoms with E-state index >= 15 is 0 Å². The van der Waals surface area contributed by atoms with Crippen molar-refractivity contribution in [2.45, 2.75) is 13.8 Å². The van der Waals surface area contributed by atoms with Crippen molar-refractivity contribution in [3.63, 3.8) is 0 Å². The minimum Gasteiger partial charge on any atom is -0.373 e. The zero-order valence-electron chi connectivity index (χ0n) is 10.2. The Morgan fingerprint density at radius 2 is 2.24 bits per heavy atom. The number of rotatable bonds is 4. The predicted octanol–water partition coefficient (Wildman–Crippen LogP) is 3.25. The maximum Gasteiger partial charge on any atom is 0.160 e. The summed E-state index contributed by atoms with van der Waals surface area (Å²) < 4.78 is 0.791. The van der Waals surface area contributed by atoms with Gasteiger partial charge < -0.3 is 4.90 Å². The fraction of sp³-hybridized carbons (Fsp3) is 0.385. The maximum absolute atomic E-state index is 11.3. The second-order valence-corrected chi connectivity index (χ2v) is 4.99. The van der Waals surface area contributed by atoms with Gasteiger partial charge in [-0.3, -0.25) is 4.79 Å². The van der Waals surface area contributed by atoms with Gasteiger partial charge in [0.05, 0.1) is 12.0 Å². The van der Waals surface area contributed by atoms with Crippen molar-refractivity contribution in [1.29, 1.82) is 5.26 Å². The fourth-order valence-electron chi connectivity index (χ4n) is 1.58. The summed E-state index contributed by atoms with van der Waals surface area (Å²) in [5, 5.41) is 8.77. The van der Waals surface area contributed by atoms with E-state index < -0.39 is 0 Å². The van der Waals surface area contributed by atoms with Crippen LogP contribution in [0, 0.1) is 17.2 Å². The first-order chi connectivity index (χ1) is 7.95. The van der Waals surface area contributed by atoms with Gasteiger partial charge in [-0.2, -0.15) is 5.26 Å². The number of hydrogen-bond donors (Lipinski definition) is 0. The number of carbonyl (C=O) groups excluding carboxylic acids is 1. The highest BCUT2D eigenvalue weighted by molar-refractivity contribution is 9.10. The van der Waals surface area contributed by atoms with Crippen molar-refractivity contribution in [2.24, 2.45) is 5.92 Å². The minimum absolute atomic E-state index is 0.0220. The monoisotopic (exact) mass is 294 g/mol. The lowest BCUT2D eigenvalue weighted by Crippen LogP contribution is -2.23. The molecule has 3 nitrogen and oxygen atoms in total. The molecule has 0 spiro atoms. The first kappa shape index (κ1) is 13.7. The first-order valence-electron chi connectivity index (χ1n) is 5.37. The van der Waals surface area contributed by atoms with E-state index in [2.05, 4.69) is 22.0 Å². The van der Waals surface area contributed by atoms with Gasteiger partial charge in [-0.05, 0) is 48.0 Å². The summed E-state index contributed by atoms with van der Waals surface area (Å²) in [6.07, 6.45) is 0. The van der Waals surface area contributed by atoms with Crippen LogP contribution in [0.2, 0.25) is 0 Å². The van der Waals surface area contributed by atoms with Crippen LogP contribution in [0.15, 0.2) is 22.7 Å². The van der Waals surface area contributed by atoms with Crippen LogP contribution in [0.25, 0.3) is 0 Å². The molecular weight excluding hydrogens is 280 g/mol. The van der Waals surface area contributed by atoms with Crippen LogP contribution in [0.5, 0.6) is 0 Å². The summed E-state index contributed by atoms with van der Waals surface area (Å²) in [7, 11) is 1.93. The van der Waals surface area contributed by atoms with E-state index in [1.54, 1.807) is 13.0 Å². The largest absolute Gasteiger partial charge is 0.373 e. The van der Waals surface area contributed by atoms with Gasteiger partial charge in [-0.15, -0.1) is 0 Å². The Morgan fingerprint density at radius 3 is 2.71 bits per heavy atom. The maximum atomic E-state index is 11.3. The Morgan fingerprint density at radius 1 is 1.59 bits per heavy atom. The molecule has 0 aliphatic carbocycles. The number of Topliss-reactive ketones (excluding diaryl/α,β-unsaturated/α-hetero) is 1. The second-order valence-electron chi connectivity index (χ2n) is 4.13.